The lowest BCUT2D eigenvalue weighted by atomic mass is 10.3. The Balaban J connectivity index is 2.04. The molecule has 0 unspecified atom stereocenters. The SMILES string of the molecule is OCCn1c(Nc2ccc(Br)s2)nc2ccccc21. The Kier molecular flexibility index (Phi) is 3.54. The van der Waals surface area contributed by atoms with Gasteiger partial charge in [-0.3, -0.25) is 0 Å². The van der Waals surface area contributed by atoms with Crippen molar-refractivity contribution in [2.24, 2.45) is 0 Å². The van der Waals surface area contributed by atoms with Gasteiger partial charge in [0, 0.05) is 6.54 Å². The molecule has 0 aliphatic heterocycles. The number of hydrogen-bond acceptors (Lipinski definition) is 4. The van der Waals surface area contributed by atoms with Gasteiger partial charge in [-0.25, -0.2) is 4.98 Å². The molecule has 98 valence electrons. The average Bonchev–Trinajstić information content (AvgIpc) is 2.96. The smallest absolute Gasteiger partial charge is 0.209 e. The van der Waals surface area contributed by atoms with Gasteiger partial charge >= 0.3 is 0 Å². The summed E-state index contributed by atoms with van der Waals surface area (Å²) in [6, 6.07) is 11.9. The zero-order chi connectivity index (χ0) is 13.2. The molecule has 19 heavy (non-hydrogen) atoms. The molecular weight excluding hydrogens is 326 g/mol. The lowest BCUT2D eigenvalue weighted by Gasteiger charge is -2.07. The molecule has 0 radical (unpaired) electrons. The largest absolute Gasteiger partial charge is 0.395 e. The summed E-state index contributed by atoms with van der Waals surface area (Å²) in [6.07, 6.45) is 0. The first kappa shape index (κ1) is 12.7. The van der Waals surface area contributed by atoms with Gasteiger partial charge in [0.15, 0.2) is 0 Å². The normalized spacial score (nSPS) is 11.1. The van der Waals surface area contributed by atoms with E-state index in [-0.39, 0.29) is 6.61 Å². The maximum atomic E-state index is 9.21. The molecule has 2 heterocycles. The Morgan fingerprint density at radius 1 is 1.26 bits per heavy atom. The number of aromatic nitrogens is 2. The van der Waals surface area contributed by atoms with Crippen LogP contribution in [-0.4, -0.2) is 21.3 Å². The van der Waals surface area contributed by atoms with Gasteiger partial charge in [-0.15, -0.1) is 11.3 Å². The van der Waals surface area contributed by atoms with Crippen LogP contribution >= 0.6 is 27.3 Å². The van der Waals surface area contributed by atoms with Crippen molar-refractivity contribution in [2.75, 3.05) is 11.9 Å². The second-order valence-electron chi connectivity index (χ2n) is 4.03. The molecule has 3 rings (SSSR count). The summed E-state index contributed by atoms with van der Waals surface area (Å²) in [4.78, 5) is 4.57. The van der Waals surface area contributed by atoms with Crippen LogP contribution < -0.4 is 5.32 Å². The number of aliphatic hydroxyl groups excluding tert-OH is 1. The maximum Gasteiger partial charge on any atom is 0.209 e. The number of aliphatic hydroxyl groups is 1. The van der Waals surface area contributed by atoms with Gasteiger partial charge in [0.2, 0.25) is 5.95 Å². The van der Waals surface area contributed by atoms with E-state index in [1.165, 1.54) is 0 Å². The van der Waals surface area contributed by atoms with Crippen molar-refractivity contribution in [3.05, 3.63) is 40.2 Å². The molecule has 1 aromatic carbocycles. The van der Waals surface area contributed by atoms with Crippen LogP contribution in [0, 0.1) is 0 Å². The molecule has 0 spiro atoms. The summed E-state index contributed by atoms with van der Waals surface area (Å²) in [5.41, 5.74) is 1.95. The Morgan fingerprint density at radius 3 is 2.84 bits per heavy atom. The highest BCUT2D eigenvalue weighted by molar-refractivity contribution is 9.11. The zero-order valence-corrected chi connectivity index (χ0v) is 12.4. The predicted molar refractivity (Wildman–Crippen MR) is 82.1 cm³/mol. The van der Waals surface area contributed by atoms with Crippen molar-refractivity contribution < 1.29 is 5.11 Å². The number of nitrogens with zero attached hydrogens (tertiary/aromatic N) is 2. The molecule has 0 saturated carbocycles. The van der Waals surface area contributed by atoms with Crippen molar-refractivity contribution in [2.45, 2.75) is 6.54 Å². The fraction of sp³-hybridized carbons (Fsp3) is 0.154. The highest BCUT2D eigenvalue weighted by Crippen LogP contribution is 2.30. The topological polar surface area (TPSA) is 50.1 Å². The summed E-state index contributed by atoms with van der Waals surface area (Å²) in [5.74, 6) is 0.754. The first-order valence-corrected chi connectivity index (χ1v) is 7.47. The third-order valence-electron chi connectivity index (χ3n) is 2.79. The van der Waals surface area contributed by atoms with E-state index in [2.05, 4.69) is 26.2 Å². The van der Waals surface area contributed by atoms with Crippen molar-refractivity contribution >= 4 is 49.2 Å². The monoisotopic (exact) mass is 337 g/mol. The number of benzene rings is 1. The van der Waals surface area contributed by atoms with Crippen LogP contribution in [0.2, 0.25) is 0 Å². The van der Waals surface area contributed by atoms with Crippen LogP contribution in [0.4, 0.5) is 10.9 Å². The third kappa shape index (κ3) is 2.51. The predicted octanol–water partition coefficient (Wildman–Crippen LogP) is 3.60. The average molecular weight is 338 g/mol. The number of anilines is 2. The number of para-hydroxylation sites is 2. The molecule has 0 bridgehead atoms. The lowest BCUT2D eigenvalue weighted by molar-refractivity contribution is 0.278. The van der Waals surface area contributed by atoms with Gasteiger partial charge in [-0.2, -0.15) is 0 Å². The van der Waals surface area contributed by atoms with Crippen molar-refractivity contribution in [1.82, 2.24) is 9.55 Å². The number of halogens is 1. The Labute approximate surface area is 122 Å². The van der Waals surface area contributed by atoms with Crippen LogP contribution in [-0.2, 0) is 6.54 Å². The minimum atomic E-state index is 0.0865. The standard InChI is InChI=1S/C13H12BrN3OS/c14-11-5-6-12(19-11)16-13-15-9-3-1-2-4-10(9)17(13)7-8-18/h1-6,18H,7-8H2,(H,15,16). The third-order valence-corrected chi connectivity index (χ3v) is 4.33. The van der Waals surface area contributed by atoms with Crippen LogP contribution in [0.5, 0.6) is 0 Å². The molecule has 2 N–H and O–H groups in total. The summed E-state index contributed by atoms with van der Waals surface area (Å²) in [7, 11) is 0. The highest BCUT2D eigenvalue weighted by atomic mass is 79.9. The quantitative estimate of drug-likeness (QED) is 0.764. The minimum absolute atomic E-state index is 0.0865. The molecule has 0 saturated heterocycles. The molecule has 0 amide bonds. The van der Waals surface area contributed by atoms with Crippen molar-refractivity contribution in [3.63, 3.8) is 0 Å². The van der Waals surface area contributed by atoms with Gasteiger partial charge in [0.05, 0.1) is 26.4 Å². The summed E-state index contributed by atoms with van der Waals surface area (Å²) in [5, 5.41) is 13.5. The van der Waals surface area contributed by atoms with Crippen LogP contribution in [0.15, 0.2) is 40.2 Å². The van der Waals surface area contributed by atoms with Gasteiger partial charge in [0.25, 0.3) is 0 Å². The molecule has 4 nitrogen and oxygen atoms in total. The zero-order valence-electron chi connectivity index (χ0n) is 10.0. The lowest BCUT2D eigenvalue weighted by Crippen LogP contribution is -2.06. The Bertz CT molecular complexity index is 707. The number of fused-ring (bicyclic) bond motifs is 1. The molecule has 3 aromatic rings. The van der Waals surface area contributed by atoms with Crippen molar-refractivity contribution in [3.8, 4) is 0 Å². The number of thiophene rings is 1. The van der Waals surface area contributed by atoms with Crippen LogP contribution in [0.25, 0.3) is 11.0 Å². The van der Waals surface area contributed by atoms with E-state index in [0.29, 0.717) is 6.54 Å². The van der Waals surface area contributed by atoms with Gasteiger partial charge < -0.3 is 15.0 Å². The van der Waals surface area contributed by atoms with Gasteiger partial charge in [0.1, 0.15) is 0 Å². The van der Waals surface area contributed by atoms with Gasteiger partial charge in [-0.05, 0) is 40.2 Å². The van der Waals surface area contributed by atoms with E-state index in [1.54, 1.807) is 11.3 Å². The van der Waals surface area contributed by atoms with Crippen molar-refractivity contribution in [1.29, 1.82) is 0 Å². The Hall–Kier alpha value is -1.37. The number of hydrogen-bond donors (Lipinski definition) is 2. The van der Waals surface area contributed by atoms with Gasteiger partial charge in [-0.1, -0.05) is 12.1 Å². The second-order valence-corrected chi connectivity index (χ2v) is 6.49. The first-order valence-electron chi connectivity index (χ1n) is 5.86. The minimum Gasteiger partial charge on any atom is -0.395 e. The van der Waals surface area contributed by atoms with E-state index < -0.39 is 0 Å². The van der Waals surface area contributed by atoms with E-state index in [1.807, 2.05) is 41.0 Å². The molecule has 0 fully saturated rings. The number of rotatable bonds is 4. The molecule has 6 heteroatoms. The Morgan fingerprint density at radius 2 is 2.11 bits per heavy atom. The molecule has 0 atom stereocenters. The maximum absolute atomic E-state index is 9.21. The molecule has 0 aliphatic carbocycles. The summed E-state index contributed by atoms with van der Waals surface area (Å²) < 4.78 is 3.06. The summed E-state index contributed by atoms with van der Waals surface area (Å²) >= 11 is 5.05. The number of nitrogens with one attached hydrogen (secondary N) is 1. The van der Waals surface area contributed by atoms with Crippen LogP contribution in [0.1, 0.15) is 0 Å². The van der Waals surface area contributed by atoms with E-state index >= 15 is 0 Å². The highest BCUT2D eigenvalue weighted by Gasteiger charge is 2.10. The van der Waals surface area contributed by atoms with E-state index in [9.17, 15) is 5.11 Å². The number of imidazole rings is 1. The second kappa shape index (κ2) is 5.32. The first-order chi connectivity index (χ1) is 9.28. The van der Waals surface area contributed by atoms with E-state index in [0.717, 1.165) is 25.8 Å². The molecule has 2 aromatic heterocycles. The van der Waals surface area contributed by atoms with Crippen LogP contribution in [0.3, 0.4) is 0 Å². The summed E-state index contributed by atoms with van der Waals surface area (Å²) in [6.45, 7) is 0.610. The molecular formula is C13H12BrN3OS. The molecule has 0 aliphatic rings. The van der Waals surface area contributed by atoms with E-state index in [4.69, 9.17) is 0 Å². The fourth-order valence-corrected chi connectivity index (χ4v) is 3.27. The fourth-order valence-electron chi connectivity index (χ4n) is 1.99.